The van der Waals surface area contributed by atoms with E-state index in [0.717, 1.165) is 22.5 Å². The van der Waals surface area contributed by atoms with Gasteiger partial charge in [0, 0.05) is 27.6 Å². The zero-order valence-corrected chi connectivity index (χ0v) is 29.6. The van der Waals surface area contributed by atoms with Crippen LogP contribution in [0.5, 0.6) is 0 Å². The van der Waals surface area contributed by atoms with Crippen LogP contribution in [0.2, 0.25) is 0 Å². The van der Waals surface area contributed by atoms with Crippen LogP contribution in [0.25, 0.3) is 38.6 Å². The predicted molar refractivity (Wildman–Crippen MR) is 207 cm³/mol. The summed E-state index contributed by atoms with van der Waals surface area (Å²) >= 11 is 0. The molecule has 0 fully saturated rings. The Bertz CT molecular complexity index is 2270. The van der Waals surface area contributed by atoms with Gasteiger partial charge in [0.25, 0.3) is 0 Å². The van der Waals surface area contributed by atoms with Crippen LogP contribution in [0.4, 0.5) is 17.1 Å². The fraction of sp³-hybridized carbons (Fsp3) is 0.234. The molecular weight excluding hydrogens is 579 g/mol. The number of nitrogens with zero attached hydrogens (tertiary/aromatic N) is 1. The highest BCUT2D eigenvalue weighted by Crippen LogP contribution is 2.61. The number of fused-ring (bicyclic) bond motifs is 9. The second kappa shape index (κ2) is 10.3. The smallest absolute Gasteiger partial charge is 0.0543 e. The average molecular weight is 624 g/mol. The van der Waals surface area contributed by atoms with Crippen molar-refractivity contribution in [3.8, 4) is 22.3 Å². The molecule has 0 aromatic heterocycles. The fourth-order valence-electron chi connectivity index (χ4n) is 8.62. The third-order valence-electron chi connectivity index (χ3n) is 11.2. The second-order valence-electron chi connectivity index (χ2n) is 16.0. The van der Waals surface area contributed by atoms with E-state index in [4.69, 9.17) is 0 Å². The highest BCUT2D eigenvalue weighted by Gasteiger charge is 2.46. The molecule has 8 rings (SSSR count). The largest absolute Gasteiger partial charge is 0.310 e. The molecule has 2 aliphatic rings. The molecule has 238 valence electrons. The van der Waals surface area contributed by atoms with E-state index < -0.39 is 0 Å². The van der Waals surface area contributed by atoms with Crippen LogP contribution in [-0.2, 0) is 16.2 Å². The average Bonchev–Trinajstić information content (AvgIpc) is 3.44. The molecule has 1 nitrogen and oxygen atoms in total. The molecule has 0 aliphatic heterocycles. The molecule has 0 saturated carbocycles. The van der Waals surface area contributed by atoms with Gasteiger partial charge in [-0.2, -0.15) is 0 Å². The molecule has 0 spiro atoms. The first-order valence-corrected chi connectivity index (χ1v) is 17.3. The van der Waals surface area contributed by atoms with Crippen LogP contribution in [0.3, 0.4) is 0 Å². The van der Waals surface area contributed by atoms with Gasteiger partial charge < -0.3 is 4.90 Å². The number of hydrogen-bond donors (Lipinski definition) is 0. The first kappa shape index (κ1) is 30.5. The summed E-state index contributed by atoms with van der Waals surface area (Å²) in [6.07, 6.45) is 0. The van der Waals surface area contributed by atoms with Crippen LogP contribution in [0.1, 0.15) is 88.8 Å². The number of benzene rings is 6. The molecule has 0 radical (unpaired) electrons. The number of anilines is 3. The number of hydrogen-bond acceptors (Lipinski definition) is 1. The molecule has 0 amide bonds. The van der Waals surface area contributed by atoms with E-state index in [9.17, 15) is 0 Å². The SMILES string of the molecule is C=C(C)c1ccc(N(c2ccc(C(C)(C)C)cc2)c2cc3c(c4ccccc24)-c2ccc4c(c2C3(C)C)C(C)(C)c2ccccc2-4)cc1. The molecule has 0 unspecified atom stereocenters. The van der Waals surface area contributed by atoms with Gasteiger partial charge in [-0.1, -0.05) is 146 Å². The van der Waals surface area contributed by atoms with Crippen LogP contribution in [-0.4, -0.2) is 0 Å². The normalized spacial score (nSPS) is 15.1. The summed E-state index contributed by atoms with van der Waals surface area (Å²) < 4.78 is 0. The number of allylic oxidation sites excluding steroid dienone is 1. The third kappa shape index (κ3) is 4.30. The summed E-state index contributed by atoms with van der Waals surface area (Å²) in [4.78, 5) is 2.46. The quantitative estimate of drug-likeness (QED) is 0.189. The second-order valence-corrected chi connectivity index (χ2v) is 16.0. The Balaban J connectivity index is 1.40. The minimum absolute atomic E-state index is 0.0796. The third-order valence-corrected chi connectivity index (χ3v) is 11.2. The molecule has 1 heteroatoms. The fourth-order valence-corrected chi connectivity index (χ4v) is 8.62. The lowest BCUT2D eigenvalue weighted by molar-refractivity contribution is 0.590. The van der Waals surface area contributed by atoms with Crippen molar-refractivity contribution in [2.24, 2.45) is 0 Å². The molecule has 0 bridgehead atoms. The molecule has 2 aliphatic carbocycles. The highest BCUT2D eigenvalue weighted by atomic mass is 15.1. The zero-order valence-electron chi connectivity index (χ0n) is 29.6. The van der Waals surface area contributed by atoms with Gasteiger partial charge in [-0.25, -0.2) is 0 Å². The summed E-state index contributed by atoms with van der Waals surface area (Å²) in [6.45, 7) is 22.8. The van der Waals surface area contributed by atoms with Crippen molar-refractivity contribution in [3.05, 3.63) is 155 Å². The van der Waals surface area contributed by atoms with Crippen molar-refractivity contribution >= 4 is 33.4 Å². The minimum atomic E-state index is -0.195. The van der Waals surface area contributed by atoms with E-state index in [1.165, 1.54) is 66.5 Å². The Morgan fingerprint density at radius 2 is 1.12 bits per heavy atom. The summed E-state index contributed by atoms with van der Waals surface area (Å²) in [6, 6.07) is 43.4. The summed E-state index contributed by atoms with van der Waals surface area (Å²) in [5, 5.41) is 2.56. The van der Waals surface area contributed by atoms with Crippen molar-refractivity contribution < 1.29 is 0 Å². The molecule has 48 heavy (non-hydrogen) atoms. The standard InChI is InChI=1S/C47H45N/c1-29(2)30-18-22-32(23-19-30)48(33-24-20-31(21-25-33)45(3,4)5)41-28-40-42(36-16-11-10-15-35(36)41)38-27-26-37-34-14-12-13-17-39(34)46(6,7)43(37)44(38)47(40,8)9/h10-28H,1H2,2-9H3. The molecule has 6 aromatic carbocycles. The van der Waals surface area contributed by atoms with E-state index >= 15 is 0 Å². The Morgan fingerprint density at radius 3 is 1.77 bits per heavy atom. The lowest BCUT2D eigenvalue weighted by Gasteiger charge is -2.32. The van der Waals surface area contributed by atoms with E-state index in [1.54, 1.807) is 0 Å². The van der Waals surface area contributed by atoms with Crippen LogP contribution in [0, 0.1) is 0 Å². The van der Waals surface area contributed by atoms with E-state index in [1.807, 2.05) is 0 Å². The first-order valence-electron chi connectivity index (χ1n) is 17.3. The maximum Gasteiger partial charge on any atom is 0.0543 e. The van der Waals surface area contributed by atoms with Crippen molar-refractivity contribution in [2.75, 3.05) is 4.90 Å². The van der Waals surface area contributed by atoms with Crippen molar-refractivity contribution in [2.45, 2.75) is 71.6 Å². The summed E-state index contributed by atoms with van der Waals surface area (Å²) in [5.74, 6) is 0. The maximum absolute atomic E-state index is 4.20. The molecule has 6 aromatic rings. The topological polar surface area (TPSA) is 3.24 Å². The molecule has 0 saturated heterocycles. The summed E-state index contributed by atoms with van der Waals surface area (Å²) in [5.41, 5.74) is 18.2. The van der Waals surface area contributed by atoms with Crippen molar-refractivity contribution in [1.29, 1.82) is 0 Å². The molecular formula is C47H45N. The number of rotatable bonds is 4. The predicted octanol–water partition coefficient (Wildman–Crippen LogP) is 13.3. The van der Waals surface area contributed by atoms with Gasteiger partial charge in [0.1, 0.15) is 0 Å². The summed E-state index contributed by atoms with van der Waals surface area (Å²) in [7, 11) is 0. The minimum Gasteiger partial charge on any atom is -0.310 e. The van der Waals surface area contributed by atoms with Crippen molar-refractivity contribution in [1.82, 2.24) is 0 Å². The van der Waals surface area contributed by atoms with Crippen LogP contribution < -0.4 is 4.90 Å². The lowest BCUT2D eigenvalue weighted by atomic mass is 9.72. The Hall–Kier alpha value is -4.88. The van der Waals surface area contributed by atoms with E-state index in [-0.39, 0.29) is 16.2 Å². The Labute approximate surface area is 286 Å². The van der Waals surface area contributed by atoms with Gasteiger partial charge >= 0.3 is 0 Å². The lowest BCUT2D eigenvalue weighted by Crippen LogP contribution is -2.24. The Morgan fingerprint density at radius 1 is 0.583 bits per heavy atom. The van der Waals surface area contributed by atoms with Gasteiger partial charge in [0.05, 0.1) is 5.69 Å². The highest BCUT2D eigenvalue weighted by molar-refractivity contribution is 6.10. The van der Waals surface area contributed by atoms with Gasteiger partial charge in [-0.05, 0) is 104 Å². The molecule has 0 atom stereocenters. The van der Waals surface area contributed by atoms with E-state index in [0.29, 0.717) is 0 Å². The zero-order chi connectivity index (χ0) is 33.7. The monoisotopic (exact) mass is 623 g/mol. The van der Waals surface area contributed by atoms with E-state index in [2.05, 4.69) is 182 Å². The van der Waals surface area contributed by atoms with Crippen molar-refractivity contribution in [3.63, 3.8) is 0 Å². The molecule has 0 N–H and O–H groups in total. The van der Waals surface area contributed by atoms with Crippen LogP contribution in [0.15, 0.2) is 122 Å². The first-order chi connectivity index (χ1) is 22.8. The van der Waals surface area contributed by atoms with Gasteiger partial charge in [-0.15, -0.1) is 0 Å². The molecule has 0 heterocycles. The van der Waals surface area contributed by atoms with Gasteiger partial charge in [0.15, 0.2) is 0 Å². The maximum atomic E-state index is 4.20. The van der Waals surface area contributed by atoms with Crippen LogP contribution >= 0.6 is 0 Å². The van der Waals surface area contributed by atoms with Gasteiger partial charge in [0.2, 0.25) is 0 Å². The van der Waals surface area contributed by atoms with Gasteiger partial charge in [-0.3, -0.25) is 0 Å². The Kier molecular flexibility index (Phi) is 6.54.